The molecule has 3 aromatic rings. The Morgan fingerprint density at radius 2 is 1.77 bits per heavy atom. The molecule has 10 heteroatoms. The van der Waals surface area contributed by atoms with Gasteiger partial charge in [0, 0.05) is 32.7 Å². The predicted octanol–water partition coefficient (Wildman–Crippen LogP) is 2.00. The maximum Gasteiger partial charge on any atom is 0.323 e. The Balaban J connectivity index is 1.26. The van der Waals surface area contributed by atoms with Crippen molar-refractivity contribution in [2.75, 3.05) is 44.2 Å². The lowest BCUT2D eigenvalue weighted by Gasteiger charge is -2.36. The molecule has 8 nitrogen and oxygen atoms in total. The van der Waals surface area contributed by atoms with E-state index in [1.165, 1.54) is 6.07 Å². The Labute approximate surface area is 179 Å². The summed E-state index contributed by atoms with van der Waals surface area (Å²) in [5.74, 6) is 0. The third-order valence-electron chi connectivity index (χ3n) is 5.31. The number of H-pyrrole nitrogens is 2. The van der Waals surface area contributed by atoms with Gasteiger partial charge in [0.05, 0.1) is 21.7 Å². The molecule has 3 N–H and O–H groups in total. The second kappa shape index (κ2) is 8.81. The fourth-order valence-electron chi connectivity index (χ4n) is 3.77. The number of fused-ring (bicyclic) bond motifs is 1. The first-order valence-electron chi connectivity index (χ1n) is 9.86. The molecule has 0 atom stereocenters. The van der Waals surface area contributed by atoms with Crippen LogP contribution in [-0.2, 0) is 10.0 Å². The number of aromatic nitrogens is 2. The van der Waals surface area contributed by atoms with Crippen molar-refractivity contribution in [3.8, 4) is 0 Å². The number of rotatable bonds is 7. The number of benzene rings is 2. The van der Waals surface area contributed by atoms with Gasteiger partial charge in [-0.3, -0.25) is 4.90 Å². The van der Waals surface area contributed by atoms with Crippen molar-refractivity contribution in [3.63, 3.8) is 0 Å². The molecule has 1 aliphatic heterocycles. The van der Waals surface area contributed by atoms with Gasteiger partial charge in [-0.1, -0.05) is 29.8 Å². The van der Waals surface area contributed by atoms with Gasteiger partial charge in [0.2, 0.25) is 10.0 Å². The van der Waals surface area contributed by atoms with E-state index in [0.717, 1.165) is 49.4 Å². The molecule has 0 spiro atoms. The average Bonchev–Trinajstić information content (AvgIpc) is 3.12. The highest BCUT2D eigenvalue weighted by Crippen LogP contribution is 2.24. The Morgan fingerprint density at radius 1 is 1.00 bits per heavy atom. The molecular formula is C20H24ClN5O3S. The molecule has 0 amide bonds. The zero-order valence-corrected chi connectivity index (χ0v) is 18.0. The van der Waals surface area contributed by atoms with Crippen LogP contribution in [0.2, 0.25) is 5.02 Å². The molecule has 0 aliphatic carbocycles. The first kappa shape index (κ1) is 20.9. The monoisotopic (exact) mass is 449 g/mol. The Morgan fingerprint density at radius 3 is 2.53 bits per heavy atom. The number of aromatic amines is 2. The standard InChI is InChI=1S/C20H24ClN5O3S/c21-15-5-1-2-8-18(15)30(28,29)22-9-4-10-25-11-13-26(14-12-25)17-7-3-6-16-19(17)24-20(27)23-16/h1-3,5-8,22H,4,9-14H2,(H2,23,24,27). The van der Waals surface area contributed by atoms with E-state index in [-0.39, 0.29) is 15.6 Å². The lowest BCUT2D eigenvalue weighted by atomic mass is 10.2. The molecule has 30 heavy (non-hydrogen) atoms. The fourth-order valence-corrected chi connectivity index (χ4v) is 5.36. The van der Waals surface area contributed by atoms with Gasteiger partial charge in [0.15, 0.2) is 0 Å². The third kappa shape index (κ3) is 4.54. The van der Waals surface area contributed by atoms with Crippen molar-refractivity contribution >= 4 is 38.3 Å². The summed E-state index contributed by atoms with van der Waals surface area (Å²) in [6.45, 7) is 4.61. The smallest absolute Gasteiger partial charge is 0.323 e. The van der Waals surface area contributed by atoms with E-state index in [4.69, 9.17) is 11.6 Å². The number of halogens is 1. The van der Waals surface area contributed by atoms with Gasteiger partial charge in [-0.15, -0.1) is 0 Å². The van der Waals surface area contributed by atoms with Crippen LogP contribution in [-0.4, -0.2) is 62.6 Å². The maximum absolute atomic E-state index is 12.4. The van der Waals surface area contributed by atoms with Crippen LogP contribution >= 0.6 is 11.6 Å². The molecule has 160 valence electrons. The molecule has 2 heterocycles. The van der Waals surface area contributed by atoms with Crippen LogP contribution in [0.25, 0.3) is 11.0 Å². The number of imidazole rings is 1. The quantitative estimate of drug-likeness (QED) is 0.479. The van der Waals surface area contributed by atoms with Crippen LogP contribution < -0.4 is 15.3 Å². The largest absolute Gasteiger partial charge is 0.367 e. The zero-order valence-electron chi connectivity index (χ0n) is 16.4. The van der Waals surface area contributed by atoms with Crippen LogP contribution in [0.3, 0.4) is 0 Å². The number of hydrogen-bond acceptors (Lipinski definition) is 5. The molecule has 1 fully saturated rings. The van der Waals surface area contributed by atoms with Crippen molar-refractivity contribution in [2.24, 2.45) is 0 Å². The fraction of sp³-hybridized carbons (Fsp3) is 0.350. The first-order chi connectivity index (χ1) is 14.4. The van der Waals surface area contributed by atoms with Crippen molar-refractivity contribution in [2.45, 2.75) is 11.3 Å². The summed E-state index contributed by atoms with van der Waals surface area (Å²) >= 11 is 5.99. The van der Waals surface area contributed by atoms with Gasteiger partial charge < -0.3 is 14.9 Å². The third-order valence-corrected chi connectivity index (χ3v) is 7.27. The lowest BCUT2D eigenvalue weighted by molar-refractivity contribution is 0.255. The maximum atomic E-state index is 12.4. The van der Waals surface area contributed by atoms with E-state index < -0.39 is 10.0 Å². The predicted molar refractivity (Wildman–Crippen MR) is 119 cm³/mol. The molecule has 0 unspecified atom stereocenters. The molecule has 0 saturated carbocycles. The summed E-state index contributed by atoms with van der Waals surface area (Å²) in [6, 6.07) is 12.3. The highest BCUT2D eigenvalue weighted by Gasteiger charge is 2.20. The number of nitrogens with one attached hydrogen (secondary N) is 3. The van der Waals surface area contributed by atoms with Crippen molar-refractivity contribution < 1.29 is 8.42 Å². The normalized spacial score (nSPS) is 15.7. The summed E-state index contributed by atoms with van der Waals surface area (Å²) in [4.78, 5) is 22.0. The van der Waals surface area contributed by atoms with E-state index >= 15 is 0 Å². The van der Waals surface area contributed by atoms with E-state index in [9.17, 15) is 13.2 Å². The SMILES string of the molecule is O=c1[nH]c2cccc(N3CCN(CCCNS(=O)(=O)c4ccccc4Cl)CC3)c2[nH]1. The first-order valence-corrected chi connectivity index (χ1v) is 11.7. The van der Waals surface area contributed by atoms with Crippen LogP contribution in [0.4, 0.5) is 5.69 Å². The minimum Gasteiger partial charge on any atom is -0.367 e. The van der Waals surface area contributed by atoms with Gasteiger partial charge in [0.1, 0.15) is 4.90 Å². The van der Waals surface area contributed by atoms with Crippen LogP contribution in [0.1, 0.15) is 6.42 Å². The highest BCUT2D eigenvalue weighted by molar-refractivity contribution is 7.89. The summed E-state index contributed by atoms with van der Waals surface area (Å²) in [6.07, 6.45) is 0.713. The van der Waals surface area contributed by atoms with E-state index in [0.29, 0.717) is 13.0 Å². The molecular weight excluding hydrogens is 426 g/mol. The number of para-hydroxylation sites is 1. The molecule has 0 radical (unpaired) electrons. The zero-order chi connectivity index (χ0) is 21.1. The molecule has 1 saturated heterocycles. The number of nitrogens with zero attached hydrogens (tertiary/aromatic N) is 2. The number of hydrogen-bond donors (Lipinski definition) is 3. The molecule has 1 aromatic heterocycles. The minimum absolute atomic E-state index is 0.109. The lowest BCUT2D eigenvalue weighted by Crippen LogP contribution is -2.47. The van der Waals surface area contributed by atoms with Gasteiger partial charge >= 0.3 is 5.69 Å². The molecule has 0 bridgehead atoms. The highest BCUT2D eigenvalue weighted by atomic mass is 35.5. The summed E-state index contributed by atoms with van der Waals surface area (Å²) in [5, 5.41) is 0.222. The Bertz CT molecular complexity index is 1180. The van der Waals surface area contributed by atoms with Gasteiger partial charge in [-0.2, -0.15) is 0 Å². The molecule has 4 rings (SSSR count). The topological polar surface area (TPSA) is 101 Å². The van der Waals surface area contributed by atoms with E-state index in [1.807, 2.05) is 18.2 Å². The second-order valence-electron chi connectivity index (χ2n) is 7.29. The van der Waals surface area contributed by atoms with Crippen molar-refractivity contribution in [1.29, 1.82) is 0 Å². The van der Waals surface area contributed by atoms with Crippen LogP contribution in [0.15, 0.2) is 52.2 Å². The average molecular weight is 450 g/mol. The van der Waals surface area contributed by atoms with Crippen LogP contribution in [0.5, 0.6) is 0 Å². The van der Waals surface area contributed by atoms with Crippen molar-refractivity contribution in [3.05, 3.63) is 58.0 Å². The Kier molecular flexibility index (Phi) is 6.14. The second-order valence-corrected chi connectivity index (χ2v) is 9.43. The summed E-state index contributed by atoms with van der Waals surface area (Å²) in [7, 11) is -3.60. The molecule has 1 aliphatic rings. The van der Waals surface area contributed by atoms with Crippen LogP contribution in [0, 0.1) is 0 Å². The minimum atomic E-state index is -3.60. The summed E-state index contributed by atoms with van der Waals surface area (Å²) < 4.78 is 27.4. The van der Waals surface area contributed by atoms with Crippen molar-refractivity contribution in [1.82, 2.24) is 19.6 Å². The number of anilines is 1. The van der Waals surface area contributed by atoms with E-state index in [2.05, 4.69) is 24.5 Å². The van der Waals surface area contributed by atoms with Gasteiger partial charge in [-0.05, 0) is 37.2 Å². The Hall–Kier alpha value is -2.33. The number of piperazine rings is 1. The number of sulfonamides is 1. The molecule has 2 aromatic carbocycles. The van der Waals surface area contributed by atoms with Gasteiger partial charge in [0.25, 0.3) is 0 Å². The van der Waals surface area contributed by atoms with E-state index in [1.54, 1.807) is 18.2 Å². The van der Waals surface area contributed by atoms with Gasteiger partial charge in [-0.25, -0.2) is 17.9 Å². The summed E-state index contributed by atoms with van der Waals surface area (Å²) in [5.41, 5.74) is 2.48.